The van der Waals surface area contributed by atoms with Crippen molar-refractivity contribution in [3.05, 3.63) is 0 Å². The molecule has 0 aromatic rings. The van der Waals surface area contributed by atoms with Gasteiger partial charge in [-0.25, -0.2) is 0 Å². The van der Waals surface area contributed by atoms with Crippen molar-refractivity contribution < 1.29 is 0 Å². The van der Waals surface area contributed by atoms with Crippen LogP contribution in [0.4, 0.5) is 0 Å². The van der Waals surface area contributed by atoms with Gasteiger partial charge in [-0.1, -0.05) is 0 Å². The van der Waals surface area contributed by atoms with E-state index in [1.807, 2.05) is 0 Å². The zero-order valence-electron chi connectivity index (χ0n) is 3.24. The quantitative estimate of drug-likeness (QED) is 0.469. The van der Waals surface area contributed by atoms with Crippen LogP contribution >= 0.6 is 81.5 Å². The van der Waals surface area contributed by atoms with Crippen molar-refractivity contribution in [2.75, 3.05) is 0 Å². The standard InChI is InChI=1S/Cl4Si.3ClH/c1-5(2,3)4;;;/h;3*1H. The van der Waals surface area contributed by atoms with E-state index in [9.17, 15) is 0 Å². The van der Waals surface area contributed by atoms with Gasteiger partial charge < -0.3 is 0 Å². The van der Waals surface area contributed by atoms with Gasteiger partial charge in [-0.15, -0.1) is 81.5 Å². The summed E-state index contributed by atoms with van der Waals surface area (Å²) in [5.41, 5.74) is 0. The van der Waals surface area contributed by atoms with Crippen LogP contribution < -0.4 is 0 Å². The van der Waals surface area contributed by atoms with E-state index in [1.54, 1.807) is 0 Å². The maximum atomic E-state index is 4.97. The molecule has 0 atom stereocenters. The van der Waals surface area contributed by atoms with Gasteiger partial charge in [0.25, 0.3) is 0 Å². The number of hydrogen-bond acceptors (Lipinski definition) is 0. The lowest BCUT2D eigenvalue weighted by molar-refractivity contribution is 3.80. The number of halogens is 7. The minimum Gasteiger partial charge on any atom is -0.147 e. The molecule has 0 aromatic carbocycles. The monoisotopic (exact) mass is 276 g/mol. The summed E-state index contributed by atoms with van der Waals surface area (Å²) >= 11 is 19.9. The summed E-state index contributed by atoms with van der Waals surface area (Å²) in [6.07, 6.45) is 0. The van der Waals surface area contributed by atoms with Crippen LogP contribution in [0.5, 0.6) is 0 Å². The first kappa shape index (κ1) is 22.5. The van der Waals surface area contributed by atoms with E-state index in [0.717, 1.165) is 0 Å². The van der Waals surface area contributed by atoms with Crippen molar-refractivity contribution in [2.24, 2.45) is 0 Å². The second-order valence-corrected chi connectivity index (χ2v) is 11.6. The molecule has 0 aliphatic carbocycles. The highest BCUT2D eigenvalue weighted by Gasteiger charge is 2.19. The molecular weight excluding hydrogens is 276 g/mol. The summed E-state index contributed by atoms with van der Waals surface area (Å²) in [5, 5.41) is -2.72. The van der Waals surface area contributed by atoms with Crippen LogP contribution in [0.1, 0.15) is 0 Å². The van der Waals surface area contributed by atoms with E-state index in [1.165, 1.54) is 0 Å². The Balaban J connectivity index is -0.0000000267. The lowest BCUT2D eigenvalue weighted by Crippen LogP contribution is -1.91. The van der Waals surface area contributed by atoms with Crippen LogP contribution in [0, 0.1) is 0 Å². The SMILES string of the molecule is Cl.Cl.Cl.Cl[Si](Cl)(Cl)Cl. The van der Waals surface area contributed by atoms with E-state index in [4.69, 9.17) is 44.3 Å². The van der Waals surface area contributed by atoms with E-state index in [0.29, 0.717) is 0 Å². The zero-order valence-corrected chi connectivity index (χ0v) is 9.71. The second-order valence-electron chi connectivity index (χ2n) is 0.429. The fourth-order valence-corrected chi connectivity index (χ4v) is 0. The van der Waals surface area contributed by atoms with Gasteiger partial charge in [0.05, 0.1) is 0 Å². The Bertz CT molecular complexity index is 19.9. The molecule has 0 saturated carbocycles. The predicted octanol–water partition coefficient (Wildman–Crippen LogP) is 3.64. The Hall–Kier alpha value is 2.25. The van der Waals surface area contributed by atoms with E-state index in [-0.39, 0.29) is 37.2 Å². The lowest BCUT2D eigenvalue weighted by Gasteiger charge is -1.85. The molecule has 0 aliphatic rings. The largest absolute Gasteiger partial charge is 0.440 e. The zero-order chi connectivity index (χ0) is 4.50. The molecule has 0 amide bonds. The van der Waals surface area contributed by atoms with Crippen molar-refractivity contribution in [1.82, 2.24) is 0 Å². The maximum absolute atomic E-state index is 4.97. The van der Waals surface area contributed by atoms with Crippen LogP contribution in [0.25, 0.3) is 0 Å². The average molecular weight is 279 g/mol. The van der Waals surface area contributed by atoms with Crippen molar-refractivity contribution >= 4 is 86.8 Å². The summed E-state index contributed by atoms with van der Waals surface area (Å²) in [6.45, 7) is 0. The molecule has 0 aromatic heterocycles. The second kappa shape index (κ2) is 9.25. The van der Waals surface area contributed by atoms with Gasteiger partial charge in [0.2, 0.25) is 0 Å². The fourth-order valence-electron chi connectivity index (χ4n) is 0. The van der Waals surface area contributed by atoms with Gasteiger partial charge in [-0.05, 0) is 0 Å². The van der Waals surface area contributed by atoms with Crippen molar-refractivity contribution in [3.63, 3.8) is 0 Å². The molecule has 0 bridgehead atoms. The maximum Gasteiger partial charge on any atom is 0.440 e. The fraction of sp³-hybridized carbons (Fsp3) is 0. The molecule has 0 radical (unpaired) electrons. The third-order valence-corrected chi connectivity index (χ3v) is 0. The van der Waals surface area contributed by atoms with Crippen molar-refractivity contribution in [1.29, 1.82) is 0 Å². The summed E-state index contributed by atoms with van der Waals surface area (Å²) in [7, 11) is 0. The Labute approximate surface area is 86.2 Å². The first-order chi connectivity index (χ1) is 2.00. The van der Waals surface area contributed by atoms with Crippen molar-refractivity contribution in [2.45, 2.75) is 0 Å². The molecule has 0 spiro atoms. The molecule has 0 fully saturated rings. The molecule has 8 heteroatoms. The topological polar surface area (TPSA) is 0 Å². The summed E-state index contributed by atoms with van der Waals surface area (Å²) in [4.78, 5) is 0. The van der Waals surface area contributed by atoms with Crippen LogP contribution in [0.3, 0.4) is 0 Å². The van der Waals surface area contributed by atoms with Crippen LogP contribution in [0.15, 0.2) is 0 Å². The minimum absolute atomic E-state index is 0. The normalized spacial score (nSPS) is 7.50. The third kappa shape index (κ3) is 85.8. The minimum atomic E-state index is -2.72. The number of hydrogen-bond donors (Lipinski definition) is 0. The number of rotatable bonds is 0. The van der Waals surface area contributed by atoms with Gasteiger partial charge in [-0.3, -0.25) is 0 Å². The third-order valence-electron chi connectivity index (χ3n) is 0. The van der Waals surface area contributed by atoms with Gasteiger partial charge >= 0.3 is 5.31 Å². The highest BCUT2D eigenvalue weighted by Crippen LogP contribution is 2.23. The molecule has 0 rings (SSSR count). The average Bonchev–Trinajstić information content (AvgIpc) is 0.722. The first-order valence-corrected chi connectivity index (χ1v) is 6.80. The summed E-state index contributed by atoms with van der Waals surface area (Å²) < 4.78 is 0. The molecule has 0 N–H and O–H groups in total. The molecule has 0 nitrogen and oxygen atoms in total. The van der Waals surface area contributed by atoms with Gasteiger partial charge in [0.1, 0.15) is 0 Å². The molecule has 56 valence electrons. The van der Waals surface area contributed by atoms with Gasteiger partial charge in [0.15, 0.2) is 0 Å². The van der Waals surface area contributed by atoms with E-state index >= 15 is 0 Å². The Morgan fingerprint density at radius 3 is 0.625 bits per heavy atom. The molecular formula is H3Cl7Si. The molecule has 0 saturated heterocycles. The predicted molar refractivity (Wildman–Crippen MR) is 50.9 cm³/mol. The molecule has 8 heavy (non-hydrogen) atoms. The van der Waals surface area contributed by atoms with Crippen LogP contribution in [-0.2, 0) is 0 Å². The Morgan fingerprint density at radius 1 is 0.625 bits per heavy atom. The Kier molecular flexibility index (Phi) is 26.0. The summed E-state index contributed by atoms with van der Waals surface area (Å²) in [6, 6.07) is 0. The highest BCUT2D eigenvalue weighted by atomic mass is 36.0. The van der Waals surface area contributed by atoms with Crippen LogP contribution in [0.2, 0.25) is 0 Å². The van der Waals surface area contributed by atoms with Crippen molar-refractivity contribution in [3.8, 4) is 0 Å². The van der Waals surface area contributed by atoms with E-state index < -0.39 is 5.31 Å². The first-order valence-electron chi connectivity index (χ1n) is 0.756. The highest BCUT2D eigenvalue weighted by molar-refractivity contribution is 7.81. The summed E-state index contributed by atoms with van der Waals surface area (Å²) in [5.74, 6) is 0. The van der Waals surface area contributed by atoms with Gasteiger partial charge in [0, 0.05) is 0 Å². The molecule has 0 heterocycles. The van der Waals surface area contributed by atoms with Gasteiger partial charge in [-0.2, -0.15) is 0 Å². The van der Waals surface area contributed by atoms with E-state index in [2.05, 4.69) is 0 Å². The van der Waals surface area contributed by atoms with Crippen LogP contribution in [-0.4, -0.2) is 5.31 Å². The lowest BCUT2D eigenvalue weighted by atomic mass is 27.6. The Morgan fingerprint density at radius 2 is 0.625 bits per heavy atom. The smallest absolute Gasteiger partial charge is 0.147 e. The molecule has 0 aliphatic heterocycles. The molecule has 0 unspecified atom stereocenters.